The summed E-state index contributed by atoms with van der Waals surface area (Å²) < 4.78 is 50.5. The fourth-order valence-corrected chi connectivity index (χ4v) is 3.34. The molecule has 0 saturated carbocycles. The van der Waals surface area contributed by atoms with Gasteiger partial charge in [0, 0.05) is 28.6 Å². The number of aliphatic hydroxyl groups excluding tert-OH is 1. The van der Waals surface area contributed by atoms with Crippen LogP contribution in [0.3, 0.4) is 0 Å². The lowest BCUT2D eigenvalue weighted by Gasteiger charge is -2.20. The topological polar surface area (TPSA) is 108 Å². The Hall–Kier alpha value is -2.68. The van der Waals surface area contributed by atoms with E-state index in [0.29, 0.717) is 3.57 Å². The molecule has 0 bridgehead atoms. The number of aromatic nitrogens is 2. The smallest absolute Gasteiger partial charge is 0.277 e. The minimum atomic E-state index is -1.43. The molecule has 1 atom stereocenters. The van der Waals surface area contributed by atoms with E-state index < -0.39 is 35.2 Å². The summed E-state index contributed by atoms with van der Waals surface area (Å²) in [5, 5.41) is 11.3. The number of imidazole rings is 1. The first kappa shape index (κ1) is 24.0. The van der Waals surface area contributed by atoms with Gasteiger partial charge in [0.25, 0.3) is 5.91 Å². The van der Waals surface area contributed by atoms with Crippen LogP contribution in [-0.2, 0) is 9.57 Å². The number of aliphatic hydroxyl groups is 1. The Kier molecular flexibility index (Phi) is 8.06. The molecule has 0 aliphatic carbocycles. The Bertz CT molecular complexity index is 1100. The summed E-state index contributed by atoms with van der Waals surface area (Å²) in [6, 6.07) is 5.12. The highest BCUT2D eigenvalue weighted by Gasteiger charge is 2.29. The van der Waals surface area contributed by atoms with Gasteiger partial charge in [-0.3, -0.25) is 9.63 Å². The third-order valence-electron chi connectivity index (χ3n) is 4.31. The summed E-state index contributed by atoms with van der Waals surface area (Å²) in [7, 11) is 1.27. The number of ether oxygens (including phenoxy) is 1. The SMILES string of the molecule is COC(c1ncc[nH]1)c1cc(C(=O)NOCCO)c(Nc2ccc(I)cc2F)c(F)c1F. The van der Waals surface area contributed by atoms with Gasteiger partial charge in [0.2, 0.25) is 0 Å². The molecule has 32 heavy (non-hydrogen) atoms. The van der Waals surface area contributed by atoms with E-state index in [2.05, 4.69) is 15.3 Å². The van der Waals surface area contributed by atoms with Crippen LogP contribution < -0.4 is 10.8 Å². The molecular weight excluding hydrogens is 544 g/mol. The number of carbonyl (C=O) groups excluding carboxylic acids is 1. The van der Waals surface area contributed by atoms with Crippen LogP contribution in [0.2, 0.25) is 0 Å². The minimum absolute atomic E-state index is 0.170. The lowest BCUT2D eigenvalue weighted by molar-refractivity contribution is 0.0168. The number of hydroxylamine groups is 1. The van der Waals surface area contributed by atoms with Crippen molar-refractivity contribution in [2.24, 2.45) is 0 Å². The maximum absolute atomic E-state index is 15.2. The molecule has 0 saturated heterocycles. The quantitative estimate of drug-likeness (QED) is 0.181. The van der Waals surface area contributed by atoms with Crippen molar-refractivity contribution in [3.05, 3.63) is 74.6 Å². The molecule has 0 radical (unpaired) electrons. The molecule has 0 aliphatic heterocycles. The van der Waals surface area contributed by atoms with Crippen LogP contribution in [0.4, 0.5) is 24.5 Å². The van der Waals surface area contributed by atoms with Gasteiger partial charge in [0.1, 0.15) is 17.7 Å². The molecule has 0 spiro atoms. The van der Waals surface area contributed by atoms with Crippen molar-refractivity contribution in [2.45, 2.75) is 6.10 Å². The molecule has 0 fully saturated rings. The highest BCUT2D eigenvalue weighted by Crippen LogP contribution is 2.35. The molecular formula is C20H18F3IN4O4. The van der Waals surface area contributed by atoms with Crippen LogP contribution in [0.15, 0.2) is 36.7 Å². The summed E-state index contributed by atoms with van der Waals surface area (Å²) in [4.78, 5) is 24.2. The lowest BCUT2D eigenvalue weighted by Crippen LogP contribution is -2.27. The average Bonchev–Trinajstić information content (AvgIpc) is 3.29. The summed E-state index contributed by atoms with van der Waals surface area (Å²) >= 11 is 1.90. The Balaban J connectivity index is 2.12. The number of rotatable bonds is 9. The normalized spacial score (nSPS) is 11.9. The zero-order valence-electron chi connectivity index (χ0n) is 16.6. The number of amides is 1. The maximum atomic E-state index is 15.2. The molecule has 4 N–H and O–H groups in total. The zero-order chi connectivity index (χ0) is 23.3. The molecule has 2 aromatic carbocycles. The third kappa shape index (κ3) is 5.20. The maximum Gasteiger partial charge on any atom is 0.277 e. The van der Waals surface area contributed by atoms with Gasteiger partial charge in [-0.05, 0) is 46.9 Å². The van der Waals surface area contributed by atoms with E-state index in [1.165, 1.54) is 31.6 Å². The monoisotopic (exact) mass is 562 g/mol. The second kappa shape index (κ2) is 10.8. The van der Waals surface area contributed by atoms with E-state index >= 15 is 8.78 Å². The summed E-state index contributed by atoms with van der Waals surface area (Å²) in [6.07, 6.45) is 1.72. The van der Waals surface area contributed by atoms with Gasteiger partial charge in [0.05, 0.1) is 30.2 Å². The fraction of sp³-hybridized carbons (Fsp3) is 0.200. The lowest BCUT2D eigenvalue weighted by atomic mass is 10.0. The number of halogens is 4. The van der Waals surface area contributed by atoms with Crippen LogP contribution in [0.25, 0.3) is 0 Å². The average molecular weight is 562 g/mol. The highest BCUT2D eigenvalue weighted by atomic mass is 127. The van der Waals surface area contributed by atoms with Crippen molar-refractivity contribution < 1.29 is 32.6 Å². The number of benzene rings is 2. The van der Waals surface area contributed by atoms with Crippen molar-refractivity contribution in [3.63, 3.8) is 0 Å². The number of carbonyl (C=O) groups is 1. The Morgan fingerprint density at radius 3 is 2.69 bits per heavy atom. The Labute approximate surface area is 194 Å². The van der Waals surface area contributed by atoms with Gasteiger partial charge >= 0.3 is 0 Å². The summed E-state index contributed by atoms with van der Waals surface area (Å²) in [5.41, 5.74) is 0.548. The molecule has 3 aromatic rings. The molecule has 8 nitrogen and oxygen atoms in total. The number of H-pyrrole nitrogens is 1. The van der Waals surface area contributed by atoms with Crippen molar-refractivity contribution in [2.75, 3.05) is 25.6 Å². The molecule has 12 heteroatoms. The highest BCUT2D eigenvalue weighted by molar-refractivity contribution is 14.1. The Morgan fingerprint density at radius 1 is 1.28 bits per heavy atom. The van der Waals surface area contributed by atoms with Crippen molar-refractivity contribution >= 4 is 39.9 Å². The zero-order valence-corrected chi connectivity index (χ0v) is 18.7. The molecule has 1 heterocycles. The van der Waals surface area contributed by atoms with Crippen LogP contribution in [0.5, 0.6) is 0 Å². The summed E-state index contributed by atoms with van der Waals surface area (Å²) in [5.74, 6) is -4.25. The second-order valence-corrected chi connectivity index (χ2v) is 7.60. The van der Waals surface area contributed by atoms with E-state index in [9.17, 15) is 9.18 Å². The van der Waals surface area contributed by atoms with Gasteiger partial charge in [-0.1, -0.05) is 0 Å². The van der Waals surface area contributed by atoms with E-state index in [4.69, 9.17) is 14.7 Å². The predicted octanol–water partition coefficient (Wildman–Crippen LogP) is 3.56. The first-order valence-corrected chi connectivity index (χ1v) is 10.2. The molecule has 1 aromatic heterocycles. The summed E-state index contributed by atoms with van der Waals surface area (Å²) in [6.45, 7) is -0.615. The van der Waals surface area contributed by atoms with E-state index in [0.717, 1.165) is 6.07 Å². The molecule has 170 valence electrons. The largest absolute Gasteiger partial charge is 0.394 e. The Morgan fingerprint density at radius 2 is 2.06 bits per heavy atom. The fourth-order valence-electron chi connectivity index (χ4n) is 2.89. The van der Waals surface area contributed by atoms with Gasteiger partial charge < -0.3 is 20.1 Å². The van der Waals surface area contributed by atoms with Crippen LogP contribution in [-0.4, -0.2) is 41.3 Å². The number of nitrogens with one attached hydrogen (secondary N) is 3. The van der Waals surface area contributed by atoms with E-state index in [1.807, 2.05) is 28.1 Å². The number of anilines is 2. The van der Waals surface area contributed by atoms with Gasteiger partial charge in [-0.15, -0.1) is 0 Å². The van der Waals surface area contributed by atoms with E-state index in [1.54, 1.807) is 6.07 Å². The van der Waals surface area contributed by atoms with Crippen molar-refractivity contribution in [1.82, 2.24) is 15.4 Å². The first-order valence-electron chi connectivity index (χ1n) is 9.16. The van der Waals surface area contributed by atoms with Crippen molar-refractivity contribution in [1.29, 1.82) is 0 Å². The molecule has 1 unspecified atom stereocenters. The van der Waals surface area contributed by atoms with E-state index in [-0.39, 0.29) is 35.9 Å². The molecule has 0 aliphatic rings. The number of aromatic amines is 1. The first-order chi connectivity index (χ1) is 15.4. The van der Waals surface area contributed by atoms with Crippen LogP contribution >= 0.6 is 22.6 Å². The standard InChI is InChI=1S/C20H18F3IN4O4/c1-31-18(19-25-4-5-26-19)11-9-12(20(30)28-32-7-6-29)17(16(23)15(11)22)27-14-3-2-10(24)8-13(14)21/h2-5,8-9,18,27,29H,6-7H2,1H3,(H,25,26)(H,28,30). The molecule has 1 amide bonds. The molecule has 3 rings (SSSR count). The number of hydrogen-bond acceptors (Lipinski definition) is 6. The van der Waals surface area contributed by atoms with Crippen LogP contribution in [0, 0.1) is 21.0 Å². The third-order valence-corrected chi connectivity index (χ3v) is 4.99. The second-order valence-electron chi connectivity index (χ2n) is 6.36. The minimum Gasteiger partial charge on any atom is -0.394 e. The van der Waals surface area contributed by atoms with Gasteiger partial charge in [-0.25, -0.2) is 23.6 Å². The van der Waals surface area contributed by atoms with Gasteiger partial charge in [-0.2, -0.15) is 0 Å². The van der Waals surface area contributed by atoms with Crippen molar-refractivity contribution in [3.8, 4) is 0 Å². The number of hydrogen-bond donors (Lipinski definition) is 4. The number of nitrogens with zero attached hydrogens (tertiary/aromatic N) is 1. The van der Waals surface area contributed by atoms with Crippen LogP contribution in [0.1, 0.15) is 27.8 Å². The predicted molar refractivity (Wildman–Crippen MR) is 117 cm³/mol. The number of methoxy groups -OCH3 is 1. The van der Waals surface area contributed by atoms with Gasteiger partial charge in [0.15, 0.2) is 11.6 Å².